The van der Waals surface area contributed by atoms with Crippen LogP contribution in [0.3, 0.4) is 0 Å². The summed E-state index contributed by atoms with van der Waals surface area (Å²) in [5.41, 5.74) is 1.61. The fourth-order valence-corrected chi connectivity index (χ4v) is 3.81. The van der Waals surface area contributed by atoms with Crippen molar-refractivity contribution in [3.8, 4) is 0 Å². The Morgan fingerprint density at radius 3 is 2.41 bits per heavy atom. The van der Waals surface area contributed by atoms with Crippen LogP contribution in [-0.4, -0.2) is 47.7 Å². The predicted octanol–water partition coefficient (Wildman–Crippen LogP) is 3.75. The van der Waals surface area contributed by atoms with Crippen LogP contribution in [0.2, 0.25) is 0 Å². The van der Waals surface area contributed by atoms with Crippen LogP contribution in [0.5, 0.6) is 0 Å². The zero-order valence-corrected chi connectivity index (χ0v) is 17.5. The Hall–Kier alpha value is -2.24. The molecule has 0 saturated carbocycles. The van der Waals surface area contributed by atoms with E-state index in [-0.39, 0.29) is 17.5 Å². The van der Waals surface area contributed by atoms with Crippen molar-refractivity contribution in [1.82, 2.24) is 4.90 Å². The molecule has 1 aromatic rings. The van der Waals surface area contributed by atoms with Crippen molar-refractivity contribution in [3.05, 3.63) is 23.8 Å². The normalized spacial score (nSPS) is 20.9. The quantitative estimate of drug-likeness (QED) is 0.814. The number of fused-ring (bicyclic) bond motifs is 1. The number of ether oxygens (including phenoxy) is 1. The molecule has 0 aromatic heterocycles. The Kier molecular flexibility index (Phi) is 4.44. The second kappa shape index (κ2) is 6.14. The van der Waals surface area contributed by atoms with E-state index >= 15 is 0 Å². The lowest BCUT2D eigenvalue weighted by Gasteiger charge is -2.47. The van der Waals surface area contributed by atoms with Gasteiger partial charge in [0.2, 0.25) is 5.91 Å². The van der Waals surface area contributed by atoms with Crippen molar-refractivity contribution in [2.24, 2.45) is 0 Å². The molecule has 6 nitrogen and oxygen atoms in total. The Morgan fingerprint density at radius 1 is 1.15 bits per heavy atom. The summed E-state index contributed by atoms with van der Waals surface area (Å²) < 4.78 is 5.57. The molecule has 2 heterocycles. The number of carbonyl (C=O) groups is 2. The number of piperazine rings is 1. The van der Waals surface area contributed by atoms with Gasteiger partial charge in [-0.05, 0) is 66.2 Å². The number of rotatable bonds is 1. The van der Waals surface area contributed by atoms with Crippen molar-refractivity contribution >= 4 is 23.4 Å². The topological polar surface area (TPSA) is 61.9 Å². The number of nitrogens with zero attached hydrogens (tertiary/aromatic N) is 2. The van der Waals surface area contributed by atoms with Crippen molar-refractivity contribution in [2.75, 3.05) is 29.9 Å². The minimum absolute atomic E-state index is 0.0322. The maximum absolute atomic E-state index is 12.6. The van der Waals surface area contributed by atoms with Gasteiger partial charge in [0.1, 0.15) is 5.60 Å². The molecule has 148 valence electrons. The van der Waals surface area contributed by atoms with Gasteiger partial charge in [-0.3, -0.25) is 9.69 Å². The smallest absolute Gasteiger partial charge is 0.410 e. The summed E-state index contributed by atoms with van der Waals surface area (Å²) in [5.74, 6) is 0.0322. The summed E-state index contributed by atoms with van der Waals surface area (Å²) >= 11 is 0. The minimum atomic E-state index is -0.505. The van der Waals surface area contributed by atoms with Crippen LogP contribution >= 0.6 is 0 Å². The molecule has 0 spiro atoms. The maximum atomic E-state index is 12.6. The summed E-state index contributed by atoms with van der Waals surface area (Å²) in [6.45, 7) is 15.7. The molecule has 2 amide bonds. The van der Waals surface area contributed by atoms with E-state index in [1.807, 2.05) is 51.7 Å². The van der Waals surface area contributed by atoms with Gasteiger partial charge in [-0.15, -0.1) is 0 Å². The first-order valence-electron chi connectivity index (χ1n) is 9.53. The first-order valence-corrected chi connectivity index (χ1v) is 9.53. The van der Waals surface area contributed by atoms with E-state index in [2.05, 4.69) is 30.1 Å². The second-order valence-electron chi connectivity index (χ2n) is 9.67. The SMILES string of the molecule is CC(C)(C)OC(=O)N1CCN(c2ccc3c(c2)NC(=O)C3(C)C)CC1(C)C. The highest BCUT2D eigenvalue weighted by Crippen LogP contribution is 2.40. The summed E-state index contributed by atoms with van der Waals surface area (Å²) in [6.07, 6.45) is -0.268. The first kappa shape index (κ1) is 19.5. The highest BCUT2D eigenvalue weighted by Gasteiger charge is 2.41. The Balaban J connectivity index is 1.78. The van der Waals surface area contributed by atoms with Crippen LogP contribution in [0, 0.1) is 0 Å². The molecule has 1 fully saturated rings. The number of hydrogen-bond acceptors (Lipinski definition) is 4. The van der Waals surface area contributed by atoms with Crippen molar-refractivity contribution in [3.63, 3.8) is 0 Å². The number of amides is 2. The highest BCUT2D eigenvalue weighted by molar-refractivity contribution is 6.06. The molecule has 0 bridgehead atoms. The summed E-state index contributed by atoms with van der Waals surface area (Å²) in [5, 5.41) is 2.99. The lowest BCUT2D eigenvalue weighted by atomic mass is 9.86. The average Bonchev–Trinajstić information content (AvgIpc) is 2.73. The van der Waals surface area contributed by atoms with E-state index in [0.29, 0.717) is 13.1 Å². The molecule has 0 atom stereocenters. The number of anilines is 2. The summed E-state index contributed by atoms with van der Waals surface area (Å²) in [7, 11) is 0. The molecule has 0 aliphatic carbocycles. The number of hydrogen-bond donors (Lipinski definition) is 1. The van der Waals surface area contributed by atoms with Crippen molar-refractivity contribution in [2.45, 2.75) is 65.0 Å². The summed E-state index contributed by atoms with van der Waals surface area (Å²) in [4.78, 5) is 28.8. The third-order valence-electron chi connectivity index (χ3n) is 5.37. The Bertz CT molecular complexity index is 777. The third kappa shape index (κ3) is 3.62. The molecule has 0 unspecified atom stereocenters. The van der Waals surface area contributed by atoms with E-state index in [4.69, 9.17) is 4.74 Å². The zero-order valence-electron chi connectivity index (χ0n) is 17.5. The third-order valence-corrected chi connectivity index (χ3v) is 5.37. The largest absolute Gasteiger partial charge is 0.444 e. The van der Waals surface area contributed by atoms with Crippen LogP contribution in [0.15, 0.2) is 18.2 Å². The number of carbonyl (C=O) groups excluding carboxylic acids is 2. The predicted molar refractivity (Wildman–Crippen MR) is 107 cm³/mol. The Labute approximate surface area is 161 Å². The van der Waals surface area contributed by atoms with Gasteiger partial charge in [0.05, 0.1) is 11.0 Å². The molecule has 3 rings (SSSR count). The standard InChI is InChI=1S/C21H31N3O3/c1-19(2,3)27-18(26)24-11-10-23(13-20(24,4)5)14-8-9-15-16(12-14)22-17(25)21(15,6)7/h8-9,12H,10-11,13H2,1-7H3,(H,22,25). The molecule has 2 aliphatic heterocycles. The summed E-state index contributed by atoms with van der Waals surface area (Å²) in [6, 6.07) is 6.15. The zero-order chi connectivity index (χ0) is 20.2. The van der Waals surface area contributed by atoms with Crippen LogP contribution in [0.1, 0.15) is 54.0 Å². The molecule has 1 saturated heterocycles. The Morgan fingerprint density at radius 2 is 1.81 bits per heavy atom. The highest BCUT2D eigenvalue weighted by atomic mass is 16.6. The van der Waals surface area contributed by atoms with Crippen molar-refractivity contribution < 1.29 is 14.3 Å². The van der Waals surface area contributed by atoms with Gasteiger partial charge in [-0.1, -0.05) is 6.07 Å². The molecule has 2 aliphatic rings. The maximum Gasteiger partial charge on any atom is 0.410 e. The van der Waals surface area contributed by atoms with Gasteiger partial charge in [0.25, 0.3) is 0 Å². The van der Waals surface area contributed by atoms with Gasteiger partial charge in [-0.2, -0.15) is 0 Å². The van der Waals surface area contributed by atoms with Crippen LogP contribution < -0.4 is 10.2 Å². The number of benzene rings is 1. The fraction of sp³-hybridized carbons (Fsp3) is 0.619. The molecular formula is C21H31N3O3. The van der Waals surface area contributed by atoms with E-state index in [1.54, 1.807) is 0 Å². The lowest BCUT2D eigenvalue weighted by molar-refractivity contribution is -0.119. The minimum Gasteiger partial charge on any atom is -0.444 e. The van der Waals surface area contributed by atoms with Crippen LogP contribution in [0.4, 0.5) is 16.2 Å². The van der Waals surface area contributed by atoms with E-state index in [1.165, 1.54) is 0 Å². The van der Waals surface area contributed by atoms with E-state index < -0.39 is 11.0 Å². The lowest BCUT2D eigenvalue weighted by Crippen LogP contribution is -2.61. The van der Waals surface area contributed by atoms with Gasteiger partial charge < -0.3 is 15.0 Å². The van der Waals surface area contributed by atoms with Gasteiger partial charge >= 0.3 is 6.09 Å². The molecule has 0 radical (unpaired) electrons. The number of nitrogens with one attached hydrogen (secondary N) is 1. The van der Waals surface area contributed by atoms with Crippen LogP contribution in [0.25, 0.3) is 0 Å². The van der Waals surface area contributed by atoms with Gasteiger partial charge in [0.15, 0.2) is 0 Å². The fourth-order valence-electron chi connectivity index (χ4n) is 3.81. The van der Waals surface area contributed by atoms with Gasteiger partial charge in [0, 0.05) is 31.0 Å². The van der Waals surface area contributed by atoms with Crippen molar-refractivity contribution in [1.29, 1.82) is 0 Å². The molecule has 1 N–H and O–H groups in total. The van der Waals surface area contributed by atoms with E-state index in [0.717, 1.165) is 23.5 Å². The molecule has 27 heavy (non-hydrogen) atoms. The van der Waals surface area contributed by atoms with Gasteiger partial charge in [-0.25, -0.2) is 4.79 Å². The first-order chi connectivity index (χ1) is 12.3. The molecule has 6 heteroatoms. The van der Waals surface area contributed by atoms with E-state index in [9.17, 15) is 9.59 Å². The average molecular weight is 373 g/mol. The van der Waals surface area contributed by atoms with Crippen LogP contribution in [-0.2, 0) is 14.9 Å². The second-order valence-corrected chi connectivity index (χ2v) is 9.67. The monoisotopic (exact) mass is 373 g/mol. The molecular weight excluding hydrogens is 342 g/mol. The molecule has 1 aromatic carbocycles.